The predicted molar refractivity (Wildman–Crippen MR) is 76.7 cm³/mol. The second-order valence-corrected chi connectivity index (χ2v) is 7.39. The molecule has 0 aromatic heterocycles. The van der Waals surface area contributed by atoms with E-state index in [4.69, 9.17) is 0 Å². The molecule has 0 amide bonds. The van der Waals surface area contributed by atoms with Gasteiger partial charge in [0.2, 0.25) is 8.87 Å². The van der Waals surface area contributed by atoms with Gasteiger partial charge in [-0.05, 0) is 23.8 Å². The Labute approximate surface area is 111 Å². The van der Waals surface area contributed by atoms with E-state index in [1.807, 2.05) is 48.5 Å². The Morgan fingerprint density at radius 3 is 2.00 bits per heavy atom. The van der Waals surface area contributed by atoms with Gasteiger partial charge in [0, 0.05) is 21.1 Å². The Morgan fingerprint density at radius 2 is 1.39 bits per heavy atom. The second kappa shape index (κ2) is 5.89. The van der Waals surface area contributed by atoms with Crippen LogP contribution in [-0.2, 0) is 8.87 Å². The Kier molecular flexibility index (Phi) is 4.23. The summed E-state index contributed by atoms with van der Waals surface area (Å²) in [5.41, 5.74) is 0.870. The zero-order valence-corrected chi connectivity index (χ0v) is 11.2. The van der Waals surface area contributed by atoms with E-state index >= 15 is 0 Å². The van der Waals surface area contributed by atoms with Crippen LogP contribution in [0.25, 0.3) is 6.08 Å². The van der Waals surface area contributed by atoms with Gasteiger partial charge in [0.1, 0.15) is 0 Å². The third kappa shape index (κ3) is 4.05. The molecule has 2 aromatic carbocycles. The molecule has 0 fully saturated rings. The topological polar surface area (TPSA) is 34.1 Å². The number of hydrogen-bond acceptors (Lipinski definition) is 3. The van der Waals surface area contributed by atoms with Gasteiger partial charge in [-0.2, -0.15) is 0 Å². The van der Waals surface area contributed by atoms with Gasteiger partial charge in [-0.3, -0.25) is 0 Å². The molecule has 0 N–H and O–H groups in total. The number of hydrogen-bond donors (Lipinski definition) is 0. The minimum absolute atomic E-state index is 0.718. The highest BCUT2D eigenvalue weighted by atomic mass is 33.1. The highest BCUT2D eigenvalue weighted by Crippen LogP contribution is 2.25. The lowest BCUT2D eigenvalue weighted by Crippen LogP contribution is -1.87. The summed E-state index contributed by atoms with van der Waals surface area (Å²) in [6.45, 7) is 0. The zero-order chi connectivity index (χ0) is 12.8. The minimum atomic E-state index is -3.30. The Balaban J connectivity index is 2.11. The maximum absolute atomic E-state index is 11.8. The van der Waals surface area contributed by atoms with Gasteiger partial charge in [-0.1, -0.05) is 48.5 Å². The minimum Gasteiger partial charge on any atom is -0.212 e. The van der Waals surface area contributed by atoms with Crippen molar-refractivity contribution < 1.29 is 8.42 Å². The van der Waals surface area contributed by atoms with Crippen LogP contribution in [0.2, 0.25) is 0 Å². The van der Waals surface area contributed by atoms with Crippen LogP contribution in [0.5, 0.6) is 0 Å². The first-order valence-electron chi connectivity index (χ1n) is 5.38. The van der Waals surface area contributed by atoms with Crippen molar-refractivity contribution in [3.63, 3.8) is 0 Å². The van der Waals surface area contributed by atoms with E-state index in [9.17, 15) is 8.42 Å². The zero-order valence-electron chi connectivity index (χ0n) is 9.56. The van der Waals surface area contributed by atoms with Crippen LogP contribution in [0.4, 0.5) is 0 Å². The van der Waals surface area contributed by atoms with Crippen molar-refractivity contribution in [2.45, 2.75) is 4.90 Å². The van der Waals surface area contributed by atoms with E-state index in [1.165, 1.54) is 5.41 Å². The highest BCUT2D eigenvalue weighted by molar-refractivity contribution is 8.73. The van der Waals surface area contributed by atoms with E-state index in [0.717, 1.165) is 21.3 Å². The maximum atomic E-state index is 11.8. The van der Waals surface area contributed by atoms with E-state index < -0.39 is 8.87 Å². The van der Waals surface area contributed by atoms with Crippen LogP contribution in [-0.4, -0.2) is 8.42 Å². The highest BCUT2D eigenvalue weighted by Gasteiger charge is 2.07. The van der Waals surface area contributed by atoms with Crippen molar-refractivity contribution in [2.75, 3.05) is 0 Å². The van der Waals surface area contributed by atoms with Crippen LogP contribution in [0, 0.1) is 0 Å². The van der Waals surface area contributed by atoms with Gasteiger partial charge < -0.3 is 0 Å². The predicted octanol–water partition coefficient (Wildman–Crippen LogP) is 3.78. The largest absolute Gasteiger partial charge is 0.227 e. The monoisotopic (exact) mass is 276 g/mol. The normalized spacial score (nSPS) is 11.8. The summed E-state index contributed by atoms with van der Waals surface area (Å²) in [5.74, 6) is 0. The first-order valence-corrected chi connectivity index (χ1v) is 8.26. The number of rotatable bonds is 4. The lowest BCUT2D eigenvalue weighted by molar-refractivity contribution is 0.618. The van der Waals surface area contributed by atoms with E-state index in [-0.39, 0.29) is 0 Å². The average molecular weight is 276 g/mol. The summed E-state index contributed by atoms with van der Waals surface area (Å²) in [6, 6.07) is 18.4. The molecular weight excluding hydrogens is 264 g/mol. The summed E-state index contributed by atoms with van der Waals surface area (Å²) in [7, 11) is -2.45. The van der Waals surface area contributed by atoms with E-state index in [2.05, 4.69) is 0 Å². The van der Waals surface area contributed by atoms with Gasteiger partial charge in [0.25, 0.3) is 0 Å². The molecule has 4 heteroatoms. The lowest BCUT2D eigenvalue weighted by Gasteiger charge is -1.98. The fourth-order valence-corrected chi connectivity index (χ4v) is 3.75. The van der Waals surface area contributed by atoms with Gasteiger partial charge in [-0.25, -0.2) is 8.42 Å². The van der Waals surface area contributed by atoms with E-state index in [1.54, 1.807) is 18.2 Å². The quantitative estimate of drug-likeness (QED) is 0.797. The molecule has 0 radical (unpaired) electrons. The lowest BCUT2D eigenvalue weighted by atomic mass is 10.2. The van der Waals surface area contributed by atoms with Crippen molar-refractivity contribution in [1.82, 2.24) is 0 Å². The summed E-state index contributed by atoms with van der Waals surface area (Å²) in [6.07, 6.45) is 1.60. The second-order valence-electron chi connectivity index (χ2n) is 3.60. The standard InChI is InChI=1S/C14H12O2S2/c15-18(16,17-14-9-5-2-6-10-14)12-11-13-7-3-1-4-8-13/h1-12H. The van der Waals surface area contributed by atoms with Crippen molar-refractivity contribution in [3.8, 4) is 0 Å². The third-order valence-corrected chi connectivity index (χ3v) is 4.96. The molecule has 0 bridgehead atoms. The number of benzene rings is 2. The molecular formula is C14H12O2S2. The molecule has 2 rings (SSSR count). The summed E-state index contributed by atoms with van der Waals surface area (Å²) in [4.78, 5) is 0.718. The van der Waals surface area contributed by atoms with Gasteiger partial charge in [0.15, 0.2) is 0 Å². The molecule has 0 heterocycles. The smallest absolute Gasteiger partial charge is 0.212 e. The molecule has 0 atom stereocenters. The molecule has 0 unspecified atom stereocenters. The average Bonchev–Trinajstić information content (AvgIpc) is 2.38. The molecule has 0 saturated carbocycles. The summed E-state index contributed by atoms with van der Waals surface area (Å²) >= 11 is 0. The van der Waals surface area contributed by atoms with Crippen molar-refractivity contribution in [2.24, 2.45) is 0 Å². The van der Waals surface area contributed by atoms with Crippen molar-refractivity contribution in [1.29, 1.82) is 0 Å². The molecule has 2 nitrogen and oxygen atoms in total. The summed E-state index contributed by atoms with van der Waals surface area (Å²) in [5, 5.41) is 1.24. The van der Waals surface area contributed by atoms with Crippen LogP contribution < -0.4 is 0 Å². The van der Waals surface area contributed by atoms with E-state index in [0.29, 0.717) is 0 Å². The van der Waals surface area contributed by atoms with Crippen LogP contribution in [0.1, 0.15) is 5.56 Å². The molecule has 0 aliphatic heterocycles. The fourth-order valence-electron chi connectivity index (χ4n) is 1.36. The Hall–Kier alpha value is -1.52. The molecule has 0 spiro atoms. The molecule has 2 aromatic rings. The Morgan fingerprint density at radius 1 is 0.833 bits per heavy atom. The maximum Gasteiger partial charge on any atom is 0.227 e. The molecule has 0 saturated heterocycles. The van der Waals surface area contributed by atoms with Crippen LogP contribution in [0.15, 0.2) is 71.0 Å². The fraction of sp³-hybridized carbons (Fsp3) is 0. The third-order valence-electron chi connectivity index (χ3n) is 2.18. The van der Waals surface area contributed by atoms with Crippen molar-refractivity contribution >= 4 is 25.7 Å². The van der Waals surface area contributed by atoms with Gasteiger partial charge >= 0.3 is 0 Å². The first kappa shape index (κ1) is 12.9. The molecule has 92 valence electrons. The van der Waals surface area contributed by atoms with Gasteiger partial charge in [-0.15, -0.1) is 0 Å². The Bertz CT molecular complexity index is 617. The van der Waals surface area contributed by atoms with Crippen LogP contribution >= 0.6 is 10.8 Å². The molecule has 0 aliphatic rings. The van der Waals surface area contributed by atoms with Crippen LogP contribution in [0.3, 0.4) is 0 Å². The first-order chi connectivity index (χ1) is 8.66. The SMILES string of the molecule is O=S(=O)(C=Cc1ccccc1)Sc1ccccc1. The molecule has 0 aliphatic carbocycles. The molecule has 18 heavy (non-hydrogen) atoms. The summed E-state index contributed by atoms with van der Waals surface area (Å²) < 4.78 is 23.7. The van der Waals surface area contributed by atoms with Crippen molar-refractivity contribution in [3.05, 3.63) is 71.6 Å². The van der Waals surface area contributed by atoms with Gasteiger partial charge in [0.05, 0.1) is 0 Å².